The third kappa shape index (κ3) is 6.07. The second-order valence-electron chi connectivity index (χ2n) is 7.27. The first-order valence-electron chi connectivity index (χ1n) is 9.84. The molecule has 178 valence electrons. The van der Waals surface area contributed by atoms with Crippen molar-refractivity contribution in [3.8, 4) is 0 Å². The van der Waals surface area contributed by atoms with Crippen LogP contribution in [0.15, 0.2) is 53.4 Å². The maximum atomic E-state index is 12.8. The van der Waals surface area contributed by atoms with E-state index in [0.29, 0.717) is 18.9 Å². The van der Waals surface area contributed by atoms with Crippen molar-refractivity contribution in [3.63, 3.8) is 0 Å². The van der Waals surface area contributed by atoms with Crippen LogP contribution in [0.5, 0.6) is 0 Å². The summed E-state index contributed by atoms with van der Waals surface area (Å²) in [6.07, 6.45) is 0.945. The molecule has 2 aromatic rings. The zero-order chi connectivity index (χ0) is 24.2. The highest BCUT2D eigenvalue weighted by Crippen LogP contribution is 2.23. The van der Waals surface area contributed by atoms with Crippen molar-refractivity contribution < 1.29 is 31.2 Å². The molecule has 1 aliphatic rings. The number of hydrogen-bond acceptors (Lipinski definition) is 7. The molecular formula is C20H24N4O7S2. The van der Waals surface area contributed by atoms with E-state index in [2.05, 4.69) is 5.32 Å². The highest BCUT2D eigenvalue weighted by Gasteiger charge is 2.27. The smallest absolute Gasteiger partial charge is 0.248 e. The first kappa shape index (κ1) is 24.6. The number of nitrogens with one attached hydrogen (secondary N) is 1. The predicted molar refractivity (Wildman–Crippen MR) is 122 cm³/mol. The minimum absolute atomic E-state index is 0.0144. The number of carbonyl (C=O) groups is 2. The molecule has 3 rings (SSSR count). The Hall–Kier alpha value is -3.00. The summed E-state index contributed by atoms with van der Waals surface area (Å²) >= 11 is 0. The Labute approximate surface area is 192 Å². The normalized spacial score (nSPS) is 15.1. The standard InChI is InChI=1S/C20H24N4O7S2/c1-32(27,28)24(14-19(25)22-16-4-2-15(3-5-16)20(21)26)17-6-8-18(9-7-17)33(29,30)23-10-12-31-13-11-23/h2-9H,10-14H2,1H3,(H2,21,26)(H,22,25). The summed E-state index contributed by atoms with van der Waals surface area (Å²) in [5, 5.41) is 2.55. The number of hydrogen-bond donors (Lipinski definition) is 2. The van der Waals surface area contributed by atoms with Gasteiger partial charge in [-0.2, -0.15) is 4.31 Å². The third-order valence-corrected chi connectivity index (χ3v) is 7.93. The minimum Gasteiger partial charge on any atom is -0.379 e. The van der Waals surface area contributed by atoms with Gasteiger partial charge < -0.3 is 15.8 Å². The van der Waals surface area contributed by atoms with Gasteiger partial charge in [0.15, 0.2) is 0 Å². The fraction of sp³-hybridized carbons (Fsp3) is 0.300. The molecule has 0 bridgehead atoms. The van der Waals surface area contributed by atoms with Gasteiger partial charge in [0.05, 0.1) is 30.1 Å². The molecule has 0 aliphatic carbocycles. The average Bonchev–Trinajstić information content (AvgIpc) is 2.78. The second-order valence-corrected chi connectivity index (χ2v) is 11.1. The number of primary amides is 1. The van der Waals surface area contributed by atoms with Gasteiger partial charge in [0.2, 0.25) is 31.9 Å². The van der Waals surface area contributed by atoms with Crippen LogP contribution in [0.2, 0.25) is 0 Å². The lowest BCUT2D eigenvalue weighted by molar-refractivity contribution is -0.114. The topological polar surface area (TPSA) is 156 Å². The monoisotopic (exact) mass is 496 g/mol. The number of rotatable bonds is 8. The van der Waals surface area contributed by atoms with Crippen molar-refractivity contribution in [3.05, 3.63) is 54.1 Å². The molecule has 1 aliphatic heterocycles. The number of nitrogens with two attached hydrogens (primary N) is 1. The van der Waals surface area contributed by atoms with E-state index < -0.39 is 38.4 Å². The molecule has 1 saturated heterocycles. The maximum Gasteiger partial charge on any atom is 0.248 e. The first-order chi connectivity index (χ1) is 15.5. The fourth-order valence-corrected chi connectivity index (χ4v) is 5.43. The Kier molecular flexibility index (Phi) is 7.37. The summed E-state index contributed by atoms with van der Waals surface area (Å²) < 4.78 is 57.5. The molecule has 1 fully saturated rings. The fourth-order valence-electron chi connectivity index (χ4n) is 3.17. The van der Waals surface area contributed by atoms with E-state index in [-0.39, 0.29) is 29.2 Å². The largest absolute Gasteiger partial charge is 0.379 e. The van der Waals surface area contributed by atoms with Gasteiger partial charge in [-0.25, -0.2) is 16.8 Å². The van der Waals surface area contributed by atoms with E-state index in [1.807, 2.05) is 0 Å². The Morgan fingerprint density at radius 3 is 2.09 bits per heavy atom. The molecule has 0 unspecified atom stereocenters. The zero-order valence-corrected chi connectivity index (χ0v) is 19.4. The Morgan fingerprint density at radius 2 is 1.58 bits per heavy atom. The molecule has 0 radical (unpaired) electrons. The van der Waals surface area contributed by atoms with Gasteiger partial charge in [-0.15, -0.1) is 0 Å². The van der Waals surface area contributed by atoms with Gasteiger partial charge in [-0.05, 0) is 48.5 Å². The molecule has 0 aromatic heterocycles. The molecule has 11 nitrogen and oxygen atoms in total. The Bertz CT molecular complexity index is 1220. The maximum absolute atomic E-state index is 12.8. The highest BCUT2D eigenvalue weighted by atomic mass is 32.2. The van der Waals surface area contributed by atoms with E-state index in [9.17, 15) is 26.4 Å². The van der Waals surface area contributed by atoms with Crippen LogP contribution in [0.1, 0.15) is 10.4 Å². The van der Waals surface area contributed by atoms with E-state index in [1.165, 1.54) is 52.8 Å². The molecule has 1 heterocycles. The number of anilines is 2. The molecule has 0 saturated carbocycles. The number of nitrogens with zero attached hydrogens (tertiary/aromatic N) is 2. The van der Waals surface area contributed by atoms with E-state index >= 15 is 0 Å². The van der Waals surface area contributed by atoms with Crippen molar-refractivity contribution >= 4 is 43.2 Å². The molecule has 2 aromatic carbocycles. The summed E-state index contributed by atoms with van der Waals surface area (Å²) in [5.41, 5.74) is 5.93. The molecular weight excluding hydrogens is 472 g/mol. The van der Waals surface area contributed by atoms with Crippen LogP contribution in [0, 0.1) is 0 Å². The summed E-state index contributed by atoms with van der Waals surface area (Å²) in [6, 6.07) is 11.1. The number of morpholine rings is 1. The molecule has 13 heteroatoms. The lowest BCUT2D eigenvalue weighted by Gasteiger charge is -2.26. The zero-order valence-electron chi connectivity index (χ0n) is 17.8. The minimum atomic E-state index is -3.86. The quantitative estimate of drug-likeness (QED) is 0.529. The average molecular weight is 497 g/mol. The molecule has 33 heavy (non-hydrogen) atoms. The highest BCUT2D eigenvalue weighted by molar-refractivity contribution is 7.92. The Morgan fingerprint density at radius 1 is 1.00 bits per heavy atom. The van der Waals surface area contributed by atoms with E-state index in [0.717, 1.165) is 10.6 Å². The molecule has 2 amide bonds. The Balaban J connectivity index is 1.76. The summed E-state index contributed by atoms with van der Waals surface area (Å²) in [4.78, 5) is 23.6. The van der Waals surface area contributed by atoms with Gasteiger partial charge in [0, 0.05) is 24.3 Å². The SMILES string of the molecule is CS(=O)(=O)N(CC(=O)Nc1ccc(C(N)=O)cc1)c1ccc(S(=O)(=O)N2CCOCC2)cc1. The van der Waals surface area contributed by atoms with Crippen molar-refractivity contribution in [1.82, 2.24) is 4.31 Å². The number of sulfonamides is 2. The molecule has 0 atom stereocenters. The first-order valence-corrected chi connectivity index (χ1v) is 13.1. The number of amides is 2. The van der Waals surface area contributed by atoms with Gasteiger partial charge in [0.1, 0.15) is 6.54 Å². The number of ether oxygens (including phenoxy) is 1. The van der Waals surface area contributed by atoms with Gasteiger partial charge >= 0.3 is 0 Å². The summed E-state index contributed by atoms with van der Waals surface area (Å²) in [7, 11) is -7.60. The lowest BCUT2D eigenvalue weighted by atomic mass is 10.2. The van der Waals surface area contributed by atoms with Crippen LogP contribution < -0.4 is 15.4 Å². The van der Waals surface area contributed by atoms with E-state index in [1.54, 1.807) is 0 Å². The van der Waals surface area contributed by atoms with Crippen LogP contribution in [0.4, 0.5) is 11.4 Å². The van der Waals surface area contributed by atoms with Crippen LogP contribution in [-0.4, -0.2) is 72.1 Å². The van der Waals surface area contributed by atoms with Crippen LogP contribution in [0.3, 0.4) is 0 Å². The molecule has 0 spiro atoms. The predicted octanol–water partition coefficient (Wildman–Crippen LogP) is 0.211. The van der Waals surface area contributed by atoms with Crippen molar-refractivity contribution in [2.24, 2.45) is 5.73 Å². The van der Waals surface area contributed by atoms with Crippen LogP contribution in [0.25, 0.3) is 0 Å². The van der Waals surface area contributed by atoms with Gasteiger partial charge in [-0.3, -0.25) is 13.9 Å². The molecule has 3 N–H and O–H groups in total. The van der Waals surface area contributed by atoms with Crippen LogP contribution >= 0.6 is 0 Å². The summed E-state index contributed by atoms with van der Waals surface area (Å²) in [5.74, 6) is -1.24. The third-order valence-electron chi connectivity index (χ3n) is 4.87. The van der Waals surface area contributed by atoms with Gasteiger partial charge in [-0.1, -0.05) is 0 Å². The lowest BCUT2D eigenvalue weighted by Crippen LogP contribution is -2.40. The van der Waals surface area contributed by atoms with Gasteiger partial charge in [0.25, 0.3) is 0 Å². The summed E-state index contributed by atoms with van der Waals surface area (Å²) in [6.45, 7) is 0.547. The van der Waals surface area contributed by atoms with E-state index in [4.69, 9.17) is 10.5 Å². The number of carbonyl (C=O) groups excluding carboxylic acids is 2. The second kappa shape index (κ2) is 9.87. The van der Waals surface area contributed by atoms with Crippen LogP contribution in [-0.2, 0) is 29.6 Å². The number of benzene rings is 2. The van der Waals surface area contributed by atoms with Crippen molar-refractivity contribution in [1.29, 1.82) is 0 Å². The van der Waals surface area contributed by atoms with Crippen molar-refractivity contribution in [2.45, 2.75) is 4.90 Å². The van der Waals surface area contributed by atoms with Crippen molar-refractivity contribution in [2.75, 3.05) is 48.7 Å².